The fraction of sp³-hybridized carbons (Fsp3) is 0.192. The highest BCUT2D eigenvalue weighted by molar-refractivity contribution is 7.80. The number of pyridine rings is 1. The number of halogens is 2. The molecule has 1 aromatic heterocycles. The van der Waals surface area contributed by atoms with Crippen molar-refractivity contribution in [2.45, 2.75) is 12.8 Å². The molecule has 3 heterocycles. The normalized spacial score (nSPS) is 15.1. The first-order valence-corrected chi connectivity index (χ1v) is 12.4. The molecule has 0 bridgehead atoms. The van der Waals surface area contributed by atoms with E-state index in [0.717, 1.165) is 28.7 Å². The number of hydrogen-bond donors (Lipinski definition) is 2. The molecule has 0 aliphatic carbocycles. The second-order valence-electron chi connectivity index (χ2n) is 8.75. The van der Waals surface area contributed by atoms with Crippen molar-refractivity contribution < 1.29 is 27.9 Å². The monoisotopic (exact) mass is 552 g/mol. The van der Waals surface area contributed by atoms with Crippen LogP contribution in [0.15, 0.2) is 60.8 Å². The summed E-state index contributed by atoms with van der Waals surface area (Å²) in [4.78, 5) is 45.5. The van der Waals surface area contributed by atoms with E-state index in [1.807, 2.05) is 0 Å². The summed E-state index contributed by atoms with van der Waals surface area (Å²) in [6.45, 7) is 1.04. The minimum atomic E-state index is -0.764. The number of rotatable bonds is 5. The number of carbonyl (C=O) groups is 3. The minimum absolute atomic E-state index is 0.0881. The average molecular weight is 553 g/mol. The third-order valence-electron chi connectivity index (χ3n) is 6.07. The van der Waals surface area contributed by atoms with Crippen molar-refractivity contribution >= 4 is 52.5 Å². The van der Waals surface area contributed by atoms with Crippen LogP contribution in [0.2, 0.25) is 0 Å². The molecular formula is C26H22F2N6O4S. The van der Waals surface area contributed by atoms with Gasteiger partial charge in [-0.05, 0) is 67.5 Å². The van der Waals surface area contributed by atoms with Gasteiger partial charge in [-0.15, -0.1) is 0 Å². The Morgan fingerprint density at radius 1 is 0.949 bits per heavy atom. The third kappa shape index (κ3) is 5.77. The van der Waals surface area contributed by atoms with Crippen LogP contribution in [0.5, 0.6) is 11.5 Å². The highest BCUT2D eigenvalue weighted by atomic mass is 32.1. The second-order valence-corrected chi connectivity index (χ2v) is 9.12. The van der Waals surface area contributed by atoms with Gasteiger partial charge >= 0.3 is 12.1 Å². The zero-order valence-corrected chi connectivity index (χ0v) is 21.2. The maximum Gasteiger partial charge on any atom is 0.328 e. The fourth-order valence-electron chi connectivity index (χ4n) is 4.14. The molecule has 5 amide bonds. The number of nitrogens with one attached hydrogen (secondary N) is 2. The van der Waals surface area contributed by atoms with E-state index in [2.05, 4.69) is 15.6 Å². The molecule has 13 heteroatoms. The van der Waals surface area contributed by atoms with Gasteiger partial charge in [-0.2, -0.15) is 0 Å². The Morgan fingerprint density at radius 3 is 2.41 bits per heavy atom. The standard InChI is InChI=1S/C26H22F2N6O4S/c27-16-3-6-18(7-4-16)34-23(35)15-33(26(34)39)25(37)30-17-5-8-21(20(28)13-17)38-19-9-10-29-22(14-19)31-24(36)32-11-1-2-12-32/h3-10,13-14H,1-2,11-12,15H2,(H,30,37)(H,29,31,36). The van der Waals surface area contributed by atoms with E-state index in [4.69, 9.17) is 17.0 Å². The Bertz CT molecular complexity index is 1450. The summed E-state index contributed by atoms with van der Waals surface area (Å²) < 4.78 is 33.7. The number of likely N-dealkylation sites (tertiary alicyclic amines) is 1. The smallest absolute Gasteiger partial charge is 0.328 e. The molecule has 0 unspecified atom stereocenters. The van der Waals surface area contributed by atoms with Gasteiger partial charge in [0.05, 0.1) is 5.69 Å². The second kappa shape index (κ2) is 11.0. The van der Waals surface area contributed by atoms with Crippen molar-refractivity contribution in [1.29, 1.82) is 0 Å². The van der Waals surface area contributed by atoms with Crippen LogP contribution in [0.4, 0.5) is 35.6 Å². The molecule has 39 heavy (non-hydrogen) atoms. The zero-order valence-electron chi connectivity index (χ0n) is 20.4. The van der Waals surface area contributed by atoms with E-state index in [1.54, 1.807) is 4.90 Å². The van der Waals surface area contributed by atoms with Gasteiger partial charge in [0, 0.05) is 37.1 Å². The van der Waals surface area contributed by atoms with E-state index in [1.165, 1.54) is 54.7 Å². The van der Waals surface area contributed by atoms with Gasteiger partial charge in [0.25, 0.3) is 5.91 Å². The van der Waals surface area contributed by atoms with Gasteiger partial charge < -0.3 is 15.0 Å². The van der Waals surface area contributed by atoms with Gasteiger partial charge in [0.1, 0.15) is 23.9 Å². The van der Waals surface area contributed by atoms with Crippen molar-refractivity contribution in [2.24, 2.45) is 0 Å². The van der Waals surface area contributed by atoms with Crippen LogP contribution in [-0.4, -0.2) is 57.5 Å². The summed E-state index contributed by atoms with van der Waals surface area (Å²) in [5.41, 5.74) is 0.428. The summed E-state index contributed by atoms with van der Waals surface area (Å²) in [7, 11) is 0. The molecule has 2 saturated heterocycles. The number of urea groups is 2. The minimum Gasteiger partial charge on any atom is -0.454 e. The van der Waals surface area contributed by atoms with Crippen LogP contribution in [0.1, 0.15) is 12.8 Å². The summed E-state index contributed by atoms with van der Waals surface area (Å²) in [6, 6.07) is 10.9. The van der Waals surface area contributed by atoms with E-state index in [0.29, 0.717) is 18.8 Å². The molecule has 2 fully saturated rings. The van der Waals surface area contributed by atoms with Gasteiger partial charge in [-0.1, -0.05) is 0 Å². The summed E-state index contributed by atoms with van der Waals surface area (Å²) >= 11 is 5.28. The molecule has 2 aliphatic rings. The Labute approximate surface area is 227 Å². The number of nitrogens with zero attached hydrogens (tertiary/aromatic N) is 4. The number of aromatic nitrogens is 1. The lowest BCUT2D eigenvalue weighted by Gasteiger charge is -2.19. The average Bonchev–Trinajstić information content (AvgIpc) is 3.55. The Hall–Kier alpha value is -4.65. The lowest BCUT2D eigenvalue weighted by Crippen LogP contribution is -2.39. The van der Waals surface area contributed by atoms with Crippen molar-refractivity contribution in [1.82, 2.24) is 14.8 Å². The number of benzene rings is 2. The summed E-state index contributed by atoms with van der Waals surface area (Å²) in [5.74, 6) is -1.32. The topological polar surface area (TPSA) is 107 Å². The predicted molar refractivity (Wildman–Crippen MR) is 143 cm³/mol. The van der Waals surface area contributed by atoms with Crippen molar-refractivity contribution in [3.8, 4) is 11.5 Å². The molecule has 5 rings (SSSR count). The SMILES string of the molecule is O=C(Nc1cc(Oc2ccc(NC(=O)N3CC(=O)N(c4ccc(F)cc4)C3=S)cc2F)ccn1)N1CCCC1. The van der Waals surface area contributed by atoms with Crippen LogP contribution in [0.25, 0.3) is 0 Å². The van der Waals surface area contributed by atoms with Crippen molar-refractivity contribution in [3.63, 3.8) is 0 Å². The summed E-state index contributed by atoms with van der Waals surface area (Å²) in [5, 5.41) is 5.12. The van der Waals surface area contributed by atoms with Gasteiger partial charge in [0.2, 0.25) is 0 Å². The van der Waals surface area contributed by atoms with E-state index in [-0.39, 0.29) is 40.7 Å². The van der Waals surface area contributed by atoms with Gasteiger partial charge in [-0.3, -0.25) is 19.9 Å². The largest absolute Gasteiger partial charge is 0.454 e. The van der Waals surface area contributed by atoms with Gasteiger partial charge in [0.15, 0.2) is 16.7 Å². The quantitative estimate of drug-likeness (QED) is 0.434. The zero-order chi connectivity index (χ0) is 27.5. The van der Waals surface area contributed by atoms with Crippen molar-refractivity contribution in [3.05, 3.63) is 72.4 Å². The number of amides is 5. The molecule has 200 valence electrons. The maximum atomic E-state index is 14.8. The number of thiocarbonyl (C=S) groups is 1. The number of hydrogen-bond acceptors (Lipinski definition) is 6. The van der Waals surface area contributed by atoms with Crippen LogP contribution in [-0.2, 0) is 4.79 Å². The predicted octanol–water partition coefficient (Wildman–Crippen LogP) is 4.95. The molecule has 3 aromatic rings. The Kier molecular flexibility index (Phi) is 7.32. The third-order valence-corrected chi connectivity index (χ3v) is 6.47. The van der Waals surface area contributed by atoms with E-state index >= 15 is 0 Å². The first kappa shape index (κ1) is 26.0. The maximum absolute atomic E-state index is 14.8. The lowest BCUT2D eigenvalue weighted by molar-refractivity contribution is -0.116. The Morgan fingerprint density at radius 2 is 1.69 bits per heavy atom. The number of anilines is 3. The van der Waals surface area contributed by atoms with Crippen LogP contribution in [0, 0.1) is 11.6 Å². The molecule has 2 N–H and O–H groups in total. The molecule has 0 radical (unpaired) electrons. The molecule has 0 saturated carbocycles. The lowest BCUT2D eigenvalue weighted by atomic mass is 10.3. The first-order valence-electron chi connectivity index (χ1n) is 12.0. The molecule has 0 spiro atoms. The number of carbonyl (C=O) groups excluding carboxylic acids is 3. The molecule has 0 atom stereocenters. The van der Waals surface area contributed by atoms with Gasteiger partial charge in [-0.25, -0.2) is 23.4 Å². The van der Waals surface area contributed by atoms with Crippen molar-refractivity contribution in [2.75, 3.05) is 35.2 Å². The van der Waals surface area contributed by atoms with Crippen LogP contribution >= 0.6 is 12.2 Å². The fourth-order valence-corrected chi connectivity index (χ4v) is 4.49. The molecule has 10 nitrogen and oxygen atoms in total. The van der Waals surface area contributed by atoms with E-state index in [9.17, 15) is 23.2 Å². The molecular weight excluding hydrogens is 530 g/mol. The number of ether oxygens (including phenoxy) is 1. The van der Waals surface area contributed by atoms with E-state index < -0.39 is 23.6 Å². The summed E-state index contributed by atoms with van der Waals surface area (Å²) in [6.07, 6.45) is 3.34. The molecule has 2 aliphatic heterocycles. The highest BCUT2D eigenvalue weighted by Crippen LogP contribution is 2.29. The Balaban J connectivity index is 1.22. The first-order chi connectivity index (χ1) is 18.8. The van der Waals surface area contributed by atoms with Crippen LogP contribution in [0.3, 0.4) is 0 Å². The van der Waals surface area contributed by atoms with Crippen LogP contribution < -0.4 is 20.3 Å². The highest BCUT2D eigenvalue weighted by Gasteiger charge is 2.37. The molecule has 2 aromatic carbocycles.